The van der Waals surface area contributed by atoms with Gasteiger partial charge in [0.15, 0.2) is 0 Å². The second kappa shape index (κ2) is 7.31. The monoisotopic (exact) mass is 291 g/mol. The van der Waals surface area contributed by atoms with Gasteiger partial charge in [-0.1, -0.05) is 12.1 Å². The Labute approximate surface area is 126 Å². The van der Waals surface area contributed by atoms with Gasteiger partial charge in [0.05, 0.1) is 6.54 Å². The number of rotatable bonds is 4. The Morgan fingerprint density at radius 2 is 1.95 bits per heavy atom. The Hall–Kier alpha value is -1.75. The standard InChI is InChI=1S/C16H25N3O2/c1-13-4-5-14(2)15(12-13)21-11-6-17-16(20)19-9-7-18(3)8-10-19/h4-5,12H,6-11H2,1-3H3,(H,17,20). The van der Waals surface area contributed by atoms with Crippen LogP contribution in [0.1, 0.15) is 11.1 Å². The molecule has 1 saturated heterocycles. The first-order chi connectivity index (χ1) is 10.1. The number of amides is 2. The lowest BCUT2D eigenvalue weighted by molar-refractivity contribution is 0.153. The Morgan fingerprint density at radius 3 is 2.67 bits per heavy atom. The fraction of sp³-hybridized carbons (Fsp3) is 0.562. The summed E-state index contributed by atoms with van der Waals surface area (Å²) >= 11 is 0. The molecule has 0 aliphatic carbocycles. The van der Waals surface area contributed by atoms with Gasteiger partial charge in [-0.2, -0.15) is 0 Å². The molecule has 0 saturated carbocycles. The largest absolute Gasteiger partial charge is 0.491 e. The van der Waals surface area contributed by atoms with Crippen LogP contribution in [-0.2, 0) is 0 Å². The van der Waals surface area contributed by atoms with Crippen molar-refractivity contribution in [2.24, 2.45) is 0 Å². The van der Waals surface area contributed by atoms with Crippen LogP contribution in [0.3, 0.4) is 0 Å². The lowest BCUT2D eigenvalue weighted by Crippen LogP contribution is -2.51. The first kappa shape index (κ1) is 15.6. The minimum Gasteiger partial charge on any atom is -0.491 e. The summed E-state index contributed by atoms with van der Waals surface area (Å²) in [7, 11) is 2.08. The summed E-state index contributed by atoms with van der Waals surface area (Å²) in [6.07, 6.45) is 0. The first-order valence-electron chi connectivity index (χ1n) is 7.47. The van der Waals surface area contributed by atoms with Crippen LogP contribution in [-0.4, -0.2) is 62.2 Å². The molecule has 1 fully saturated rings. The second-order valence-electron chi connectivity index (χ2n) is 5.64. The summed E-state index contributed by atoms with van der Waals surface area (Å²) in [6.45, 7) is 8.54. The number of nitrogens with one attached hydrogen (secondary N) is 1. The van der Waals surface area contributed by atoms with E-state index in [1.165, 1.54) is 5.56 Å². The number of carbonyl (C=O) groups excluding carboxylic acids is 1. The van der Waals surface area contributed by atoms with Crippen molar-refractivity contribution >= 4 is 6.03 Å². The highest BCUT2D eigenvalue weighted by molar-refractivity contribution is 5.74. The van der Waals surface area contributed by atoms with Gasteiger partial charge in [-0.15, -0.1) is 0 Å². The van der Waals surface area contributed by atoms with E-state index in [9.17, 15) is 4.79 Å². The molecule has 1 aliphatic heterocycles. The summed E-state index contributed by atoms with van der Waals surface area (Å²) < 4.78 is 5.73. The van der Waals surface area contributed by atoms with Crippen molar-refractivity contribution in [3.05, 3.63) is 29.3 Å². The molecule has 1 aromatic carbocycles. The van der Waals surface area contributed by atoms with Crippen LogP contribution in [0.5, 0.6) is 5.75 Å². The van der Waals surface area contributed by atoms with E-state index >= 15 is 0 Å². The number of urea groups is 1. The Balaban J connectivity index is 1.69. The van der Waals surface area contributed by atoms with Crippen molar-refractivity contribution < 1.29 is 9.53 Å². The normalized spacial score (nSPS) is 15.9. The van der Waals surface area contributed by atoms with Gasteiger partial charge >= 0.3 is 6.03 Å². The Bertz CT molecular complexity index is 482. The molecule has 1 N–H and O–H groups in total. The molecule has 1 heterocycles. The zero-order valence-corrected chi connectivity index (χ0v) is 13.2. The molecule has 2 amide bonds. The molecule has 0 aromatic heterocycles. The molecule has 5 nitrogen and oxygen atoms in total. The van der Waals surface area contributed by atoms with E-state index in [2.05, 4.69) is 23.3 Å². The highest BCUT2D eigenvalue weighted by Gasteiger charge is 2.18. The number of piperazine rings is 1. The summed E-state index contributed by atoms with van der Waals surface area (Å²) in [5, 5.41) is 2.92. The van der Waals surface area contributed by atoms with Crippen LogP contribution in [0.15, 0.2) is 18.2 Å². The first-order valence-corrected chi connectivity index (χ1v) is 7.47. The van der Waals surface area contributed by atoms with Gasteiger partial charge < -0.3 is 19.9 Å². The van der Waals surface area contributed by atoms with E-state index in [4.69, 9.17) is 4.74 Å². The van der Waals surface area contributed by atoms with Gasteiger partial charge in [-0.25, -0.2) is 4.79 Å². The number of nitrogens with zero attached hydrogens (tertiary/aromatic N) is 2. The maximum absolute atomic E-state index is 12.0. The van der Waals surface area contributed by atoms with Crippen LogP contribution in [0.4, 0.5) is 4.79 Å². The van der Waals surface area contributed by atoms with Crippen LogP contribution in [0.25, 0.3) is 0 Å². The van der Waals surface area contributed by atoms with Gasteiger partial charge in [0.2, 0.25) is 0 Å². The molecule has 0 radical (unpaired) electrons. The van der Waals surface area contributed by atoms with Gasteiger partial charge in [-0.3, -0.25) is 0 Å². The molecule has 0 atom stereocenters. The van der Waals surface area contributed by atoms with Crippen molar-refractivity contribution in [1.82, 2.24) is 15.1 Å². The number of hydrogen-bond donors (Lipinski definition) is 1. The molecular formula is C16H25N3O2. The Morgan fingerprint density at radius 1 is 1.24 bits per heavy atom. The van der Waals surface area contributed by atoms with Gasteiger partial charge in [0, 0.05) is 26.2 Å². The lowest BCUT2D eigenvalue weighted by atomic mass is 10.1. The van der Waals surface area contributed by atoms with E-state index in [1.807, 2.05) is 30.9 Å². The van der Waals surface area contributed by atoms with E-state index in [0.29, 0.717) is 13.2 Å². The molecule has 116 valence electrons. The number of aryl methyl sites for hydroxylation is 2. The second-order valence-corrected chi connectivity index (χ2v) is 5.64. The van der Waals surface area contributed by atoms with Crippen LogP contribution < -0.4 is 10.1 Å². The lowest BCUT2D eigenvalue weighted by Gasteiger charge is -2.32. The number of carbonyl (C=O) groups is 1. The van der Waals surface area contributed by atoms with E-state index in [1.54, 1.807) is 0 Å². The third-order valence-electron chi connectivity index (χ3n) is 3.77. The van der Waals surface area contributed by atoms with Gasteiger partial charge in [0.1, 0.15) is 12.4 Å². The highest BCUT2D eigenvalue weighted by Crippen LogP contribution is 2.18. The third-order valence-corrected chi connectivity index (χ3v) is 3.77. The van der Waals surface area contributed by atoms with Gasteiger partial charge in [-0.05, 0) is 38.1 Å². The fourth-order valence-corrected chi connectivity index (χ4v) is 2.30. The smallest absolute Gasteiger partial charge is 0.317 e. The zero-order valence-electron chi connectivity index (χ0n) is 13.2. The molecule has 21 heavy (non-hydrogen) atoms. The molecule has 1 aromatic rings. The molecule has 0 spiro atoms. The number of hydrogen-bond acceptors (Lipinski definition) is 3. The average molecular weight is 291 g/mol. The summed E-state index contributed by atoms with van der Waals surface area (Å²) in [5.74, 6) is 0.892. The SMILES string of the molecule is Cc1ccc(C)c(OCCNC(=O)N2CCN(C)CC2)c1. The number of ether oxygens (including phenoxy) is 1. The molecular weight excluding hydrogens is 266 g/mol. The highest BCUT2D eigenvalue weighted by atomic mass is 16.5. The fourth-order valence-electron chi connectivity index (χ4n) is 2.30. The van der Waals surface area contributed by atoms with Crippen molar-refractivity contribution in [2.75, 3.05) is 46.4 Å². The minimum atomic E-state index is 0.00710. The quantitative estimate of drug-likeness (QED) is 0.858. The van der Waals surface area contributed by atoms with E-state index in [-0.39, 0.29) is 6.03 Å². The Kier molecular flexibility index (Phi) is 5.44. The predicted molar refractivity (Wildman–Crippen MR) is 83.9 cm³/mol. The van der Waals surface area contributed by atoms with Crippen molar-refractivity contribution in [3.8, 4) is 5.75 Å². The third kappa shape index (κ3) is 4.63. The number of likely N-dealkylation sites (N-methyl/N-ethyl adjacent to an activating group) is 1. The molecule has 0 bridgehead atoms. The predicted octanol–water partition coefficient (Wildman–Crippen LogP) is 1.64. The van der Waals surface area contributed by atoms with Crippen molar-refractivity contribution in [1.29, 1.82) is 0 Å². The zero-order chi connectivity index (χ0) is 15.2. The summed E-state index contributed by atoms with van der Waals surface area (Å²) in [6, 6.07) is 6.15. The van der Waals surface area contributed by atoms with Crippen molar-refractivity contribution in [2.45, 2.75) is 13.8 Å². The maximum Gasteiger partial charge on any atom is 0.317 e. The van der Waals surface area contributed by atoms with E-state index in [0.717, 1.165) is 37.5 Å². The summed E-state index contributed by atoms with van der Waals surface area (Å²) in [4.78, 5) is 16.1. The minimum absolute atomic E-state index is 0.00710. The molecule has 1 aliphatic rings. The van der Waals surface area contributed by atoms with Crippen molar-refractivity contribution in [3.63, 3.8) is 0 Å². The number of benzene rings is 1. The summed E-state index contributed by atoms with van der Waals surface area (Å²) in [5.41, 5.74) is 2.29. The van der Waals surface area contributed by atoms with Gasteiger partial charge in [0.25, 0.3) is 0 Å². The van der Waals surface area contributed by atoms with Crippen LogP contribution >= 0.6 is 0 Å². The maximum atomic E-state index is 12.0. The average Bonchev–Trinajstić information content (AvgIpc) is 2.47. The van der Waals surface area contributed by atoms with Crippen LogP contribution in [0.2, 0.25) is 0 Å². The molecule has 0 unspecified atom stereocenters. The van der Waals surface area contributed by atoms with E-state index < -0.39 is 0 Å². The topological polar surface area (TPSA) is 44.8 Å². The molecule has 2 rings (SSSR count). The molecule has 5 heteroatoms. The van der Waals surface area contributed by atoms with Crippen LogP contribution in [0, 0.1) is 13.8 Å².